The summed E-state index contributed by atoms with van der Waals surface area (Å²) >= 11 is 0. The molecular formula is CO4SY-2. The van der Waals surface area contributed by atoms with Gasteiger partial charge in [0.15, 0.2) is 0 Å². The summed E-state index contributed by atoms with van der Waals surface area (Å²) < 4.78 is 21.4. The largest absolute Gasteiger partial charge is 0.701 e. The van der Waals surface area contributed by atoms with Crippen molar-refractivity contribution in [2.24, 2.45) is 0 Å². The Kier molecular flexibility index (Phi) is 9.78. The van der Waals surface area contributed by atoms with E-state index in [-0.39, 0.29) is 32.7 Å². The summed E-state index contributed by atoms with van der Waals surface area (Å²) in [6.45, 7) is 0.704. The van der Waals surface area contributed by atoms with Crippen molar-refractivity contribution in [2.45, 2.75) is 0 Å². The minimum atomic E-state index is -2.74. The van der Waals surface area contributed by atoms with Gasteiger partial charge < -0.3 is 17.4 Å². The van der Waals surface area contributed by atoms with Gasteiger partial charge in [0.1, 0.15) is 0 Å². The van der Waals surface area contributed by atoms with Crippen LogP contribution >= 0.6 is 0 Å². The first-order chi connectivity index (χ1) is 2.77. The van der Waals surface area contributed by atoms with Crippen LogP contribution in [0.2, 0.25) is 0 Å². The van der Waals surface area contributed by atoms with E-state index in [1.165, 1.54) is 0 Å². The average molecular weight is 197 g/mol. The van der Waals surface area contributed by atoms with Gasteiger partial charge in [-0.2, -0.15) is 0 Å². The molecule has 0 rings (SSSR count). The molecule has 0 heterocycles. The quantitative estimate of drug-likeness (QED) is 0.433. The Bertz CT molecular complexity index is 98.3. The van der Waals surface area contributed by atoms with Crippen molar-refractivity contribution in [3.63, 3.8) is 0 Å². The molecule has 0 aliphatic heterocycles. The van der Waals surface area contributed by atoms with E-state index in [4.69, 9.17) is 13.2 Å². The third-order valence-corrected chi connectivity index (χ3v) is 0.306. The zero-order chi connectivity index (χ0) is 4.99. The maximum Gasteiger partial charge on any atom is 0.0706 e. The van der Waals surface area contributed by atoms with Gasteiger partial charge in [0.25, 0.3) is 0 Å². The molecule has 0 unspecified atom stereocenters. The molecule has 4 nitrogen and oxygen atoms in total. The third kappa shape index (κ3) is 10.8. The Hall–Kier alpha value is 0.524. The molecule has 7 heavy (non-hydrogen) atoms. The molecular weight excluding hydrogens is 197 g/mol. The molecule has 0 amide bonds. The van der Waals surface area contributed by atoms with Crippen molar-refractivity contribution in [2.75, 3.05) is 0 Å². The Morgan fingerprint density at radius 2 is 1.86 bits per heavy atom. The van der Waals surface area contributed by atoms with E-state index >= 15 is 0 Å². The molecule has 1 radical (unpaired) electrons. The molecule has 0 aliphatic carbocycles. The molecule has 0 aromatic carbocycles. The molecule has 0 N–H and O–H groups in total. The van der Waals surface area contributed by atoms with Gasteiger partial charge in [-0.25, -0.2) is 0 Å². The van der Waals surface area contributed by atoms with Crippen molar-refractivity contribution in [1.29, 1.82) is 0 Å². The van der Waals surface area contributed by atoms with Crippen molar-refractivity contribution >= 4 is 17.5 Å². The van der Waals surface area contributed by atoms with Crippen LogP contribution in [-0.2, 0) is 61.1 Å². The number of rotatable bonds is 2. The monoisotopic (exact) mass is 197 g/mol. The molecule has 0 atom stereocenters. The third-order valence-electron chi connectivity index (χ3n) is 0.102. The predicted molar refractivity (Wildman–Crippen MR) is 15.5 cm³/mol. The van der Waals surface area contributed by atoms with Crippen LogP contribution in [-0.4, -0.2) is 6.47 Å². The normalized spacial score (nSPS) is 7.00. The smallest absolute Gasteiger partial charge is 0.0706 e. The fourth-order valence-corrected chi connectivity index (χ4v) is 0.0833. The van der Waals surface area contributed by atoms with Gasteiger partial charge in [-0.3, -0.25) is 0 Å². The van der Waals surface area contributed by atoms with Crippen LogP contribution in [0.1, 0.15) is 0 Å². The second-order valence-corrected chi connectivity index (χ2v) is 0.946. The first-order valence-electron chi connectivity index (χ1n) is 0.908. The van der Waals surface area contributed by atoms with Crippen molar-refractivity contribution < 1.29 is 50.1 Å². The van der Waals surface area contributed by atoms with Crippen LogP contribution in [0.25, 0.3) is 0 Å². The maximum atomic E-state index is 9.11. The first kappa shape index (κ1) is 10.5. The molecule has 0 bridgehead atoms. The average Bonchev–Trinajstić information content (AvgIpc) is 1.35. The van der Waals surface area contributed by atoms with Gasteiger partial charge in [-0.1, -0.05) is 6.47 Å². The topological polar surface area (TPSA) is 60.4 Å². The van der Waals surface area contributed by atoms with Crippen LogP contribution in [0.3, 0.4) is 0 Å². The summed E-state index contributed by atoms with van der Waals surface area (Å²) in [6, 6.07) is 0. The summed E-state index contributed by atoms with van der Waals surface area (Å²) in [4.78, 5) is 8.88. The summed E-state index contributed by atoms with van der Waals surface area (Å²) in [5, 5.41) is 0. The van der Waals surface area contributed by atoms with Gasteiger partial charge >= 0.3 is 0 Å². The zero-order valence-electron chi connectivity index (χ0n) is 3.12. The number of hydrogen-bond donors (Lipinski definition) is 0. The van der Waals surface area contributed by atoms with E-state index in [0.29, 0.717) is 6.47 Å². The fourth-order valence-electron chi connectivity index (χ4n) is 0.0278. The van der Waals surface area contributed by atoms with Gasteiger partial charge in [-0.15, -0.1) is 0 Å². The van der Waals surface area contributed by atoms with E-state index in [1.807, 2.05) is 0 Å². The zero-order valence-corrected chi connectivity index (χ0v) is 6.77. The fraction of sp³-hybridized carbons (Fsp3) is 0. The summed E-state index contributed by atoms with van der Waals surface area (Å²) in [5.41, 5.74) is 0. The van der Waals surface area contributed by atoms with E-state index < -0.39 is 11.0 Å². The van der Waals surface area contributed by atoms with E-state index in [0.717, 1.165) is 0 Å². The molecule has 0 saturated carbocycles. The van der Waals surface area contributed by atoms with Crippen LogP contribution in [0.15, 0.2) is 0 Å². The Morgan fingerprint density at radius 3 is 1.86 bits per heavy atom. The molecule has 0 spiro atoms. The molecule has 0 fully saturated rings. The van der Waals surface area contributed by atoms with Crippen molar-refractivity contribution in [3.8, 4) is 0 Å². The van der Waals surface area contributed by atoms with E-state index in [9.17, 15) is 0 Å². The molecule has 0 aromatic rings. The standard InChI is InChI=1S/CO4S.Y/c2-1-5-6(3)4;/q-2;. The van der Waals surface area contributed by atoms with Gasteiger partial charge in [0.2, 0.25) is 0 Å². The summed E-state index contributed by atoms with van der Waals surface area (Å²) in [6.07, 6.45) is 0. The predicted octanol–water partition coefficient (Wildman–Crippen LogP) is -0.708. The van der Waals surface area contributed by atoms with Gasteiger partial charge in [0, 0.05) is 32.7 Å². The second-order valence-electron chi connectivity index (χ2n) is 0.371. The second kappa shape index (κ2) is 6.52. The molecule has 6 heteroatoms. The van der Waals surface area contributed by atoms with Gasteiger partial charge in [0.05, 0.1) is 11.0 Å². The summed E-state index contributed by atoms with van der Waals surface area (Å²) in [7, 11) is -2.74. The van der Waals surface area contributed by atoms with Crippen molar-refractivity contribution in [3.05, 3.63) is 0 Å². The van der Waals surface area contributed by atoms with E-state index in [2.05, 4.69) is 4.18 Å². The van der Waals surface area contributed by atoms with Crippen LogP contribution < -0.4 is 0 Å². The van der Waals surface area contributed by atoms with Crippen LogP contribution in [0.4, 0.5) is 0 Å². The maximum absolute atomic E-state index is 9.11. The van der Waals surface area contributed by atoms with Crippen molar-refractivity contribution in [1.82, 2.24) is 0 Å². The Morgan fingerprint density at radius 1 is 1.43 bits per heavy atom. The Labute approximate surface area is 67.3 Å². The minimum absolute atomic E-state index is 0. The number of hydrogen-bond acceptors (Lipinski definition) is 5. The SMILES string of the molecule is O=[C-]O[S-](=O)=O.[Y]. The minimum Gasteiger partial charge on any atom is -0.701 e. The summed E-state index contributed by atoms with van der Waals surface area (Å²) in [5.74, 6) is 0. The number of carbonyl (C=O) groups excluding carboxylic acids is 1. The van der Waals surface area contributed by atoms with E-state index in [1.54, 1.807) is 0 Å². The van der Waals surface area contributed by atoms with Crippen LogP contribution in [0, 0.1) is 0 Å². The first-order valence-corrected chi connectivity index (χ1v) is 1.91. The van der Waals surface area contributed by atoms with Gasteiger partial charge in [-0.05, 0) is 0 Å². The Balaban J connectivity index is 0. The van der Waals surface area contributed by atoms with Crippen LogP contribution in [0.5, 0.6) is 0 Å². The molecule has 0 aliphatic rings. The molecule has 39 valence electrons. The molecule has 0 saturated heterocycles. The molecule has 0 aromatic heterocycles.